The number of amides is 1. The van der Waals surface area contributed by atoms with Gasteiger partial charge in [0, 0.05) is 18.7 Å². The van der Waals surface area contributed by atoms with Crippen LogP contribution in [0.4, 0.5) is 5.69 Å². The minimum atomic E-state index is -3.47. The number of aromatic nitrogens is 1. The van der Waals surface area contributed by atoms with Crippen LogP contribution < -0.4 is 10.0 Å². The maximum absolute atomic E-state index is 12.3. The first kappa shape index (κ1) is 18.5. The summed E-state index contributed by atoms with van der Waals surface area (Å²) in [5.74, 6) is 0.245. The van der Waals surface area contributed by atoms with Gasteiger partial charge in [-0.25, -0.2) is 13.1 Å². The molecule has 1 heterocycles. The second-order valence-electron chi connectivity index (χ2n) is 6.61. The molecule has 0 radical (unpaired) electrons. The van der Waals surface area contributed by atoms with Crippen molar-refractivity contribution in [3.8, 4) is 0 Å². The van der Waals surface area contributed by atoms with E-state index < -0.39 is 10.0 Å². The van der Waals surface area contributed by atoms with Gasteiger partial charge in [0.2, 0.25) is 15.9 Å². The number of nitrogens with one attached hydrogen (secondary N) is 2. The third-order valence-corrected chi connectivity index (χ3v) is 6.20. The molecule has 1 aliphatic rings. The second-order valence-corrected chi connectivity index (χ2v) is 8.38. The largest absolute Gasteiger partial charge is 0.324 e. The van der Waals surface area contributed by atoms with Crippen molar-refractivity contribution in [3.63, 3.8) is 0 Å². The summed E-state index contributed by atoms with van der Waals surface area (Å²) in [6.07, 6.45) is 6.50. The molecule has 6 nitrogen and oxygen atoms in total. The van der Waals surface area contributed by atoms with Crippen molar-refractivity contribution in [1.82, 2.24) is 9.71 Å². The lowest BCUT2D eigenvalue weighted by atomic mass is 9.81. The fourth-order valence-electron chi connectivity index (χ4n) is 3.22. The van der Waals surface area contributed by atoms with Gasteiger partial charge >= 0.3 is 0 Å². The van der Waals surface area contributed by atoms with Gasteiger partial charge in [-0.15, -0.1) is 0 Å². The SMILES string of the molecule is O=C(Nc1cccnc1)C1CCC(CNS(=O)(=O)c2ccccc2)CC1. The van der Waals surface area contributed by atoms with Gasteiger partial charge in [-0.05, 0) is 55.9 Å². The van der Waals surface area contributed by atoms with Crippen molar-refractivity contribution in [2.24, 2.45) is 11.8 Å². The monoisotopic (exact) mass is 373 g/mol. The second kappa shape index (κ2) is 8.42. The van der Waals surface area contributed by atoms with Gasteiger partial charge in [0.15, 0.2) is 0 Å². The molecule has 1 aromatic carbocycles. The lowest BCUT2D eigenvalue weighted by molar-refractivity contribution is -0.121. The van der Waals surface area contributed by atoms with Gasteiger partial charge in [-0.3, -0.25) is 9.78 Å². The minimum absolute atomic E-state index is 0.0151. The summed E-state index contributed by atoms with van der Waals surface area (Å²) in [6, 6.07) is 12.0. The average Bonchev–Trinajstić information content (AvgIpc) is 2.68. The van der Waals surface area contributed by atoms with E-state index >= 15 is 0 Å². The van der Waals surface area contributed by atoms with Crippen LogP contribution in [0.3, 0.4) is 0 Å². The molecule has 26 heavy (non-hydrogen) atoms. The van der Waals surface area contributed by atoms with Gasteiger partial charge < -0.3 is 5.32 Å². The number of carbonyl (C=O) groups excluding carboxylic acids is 1. The van der Waals surface area contributed by atoms with E-state index in [1.807, 2.05) is 6.07 Å². The van der Waals surface area contributed by atoms with E-state index in [1.165, 1.54) is 0 Å². The molecule has 7 heteroatoms. The molecule has 1 amide bonds. The maximum atomic E-state index is 12.3. The molecule has 2 aromatic rings. The molecular formula is C19H23N3O3S. The number of hydrogen-bond acceptors (Lipinski definition) is 4. The highest BCUT2D eigenvalue weighted by molar-refractivity contribution is 7.89. The summed E-state index contributed by atoms with van der Waals surface area (Å²) in [5.41, 5.74) is 0.704. The zero-order chi connectivity index (χ0) is 18.4. The van der Waals surface area contributed by atoms with Crippen molar-refractivity contribution in [3.05, 3.63) is 54.9 Å². The smallest absolute Gasteiger partial charge is 0.240 e. The average molecular weight is 373 g/mol. The van der Waals surface area contributed by atoms with Crippen LogP contribution in [-0.4, -0.2) is 25.9 Å². The predicted molar refractivity (Wildman–Crippen MR) is 99.9 cm³/mol. The highest BCUT2D eigenvalue weighted by Crippen LogP contribution is 2.29. The van der Waals surface area contributed by atoms with Crippen molar-refractivity contribution in [2.45, 2.75) is 30.6 Å². The molecule has 0 spiro atoms. The van der Waals surface area contributed by atoms with Crippen LogP contribution in [-0.2, 0) is 14.8 Å². The Morgan fingerprint density at radius 1 is 1.04 bits per heavy atom. The molecular weight excluding hydrogens is 350 g/mol. The molecule has 0 bridgehead atoms. The fourth-order valence-corrected chi connectivity index (χ4v) is 4.36. The Hall–Kier alpha value is -2.25. The van der Waals surface area contributed by atoms with Gasteiger partial charge in [-0.2, -0.15) is 0 Å². The van der Waals surface area contributed by atoms with E-state index in [4.69, 9.17) is 0 Å². The summed E-state index contributed by atoms with van der Waals surface area (Å²) < 4.78 is 27.2. The summed E-state index contributed by atoms with van der Waals surface area (Å²) in [7, 11) is -3.47. The van der Waals surface area contributed by atoms with Crippen LogP contribution in [0.15, 0.2) is 59.8 Å². The molecule has 1 saturated carbocycles. The van der Waals surface area contributed by atoms with Crippen molar-refractivity contribution in [2.75, 3.05) is 11.9 Å². The van der Waals surface area contributed by atoms with E-state index in [1.54, 1.807) is 48.8 Å². The third-order valence-electron chi connectivity index (χ3n) is 4.76. The van der Waals surface area contributed by atoms with Crippen molar-refractivity contribution in [1.29, 1.82) is 0 Å². The number of sulfonamides is 1. The Kier molecular flexibility index (Phi) is 6.00. The van der Waals surface area contributed by atoms with E-state index in [2.05, 4.69) is 15.0 Å². The number of carbonyl (C=O) groups is 1. The summed E-state index contributed by atoms with van der Waals surface area (Å²) in [5, 5.41) is 2.89. The van der Waals surface area contributed by atoms with Crippen molar-refractivity contribution >= 4 is 21.6 Å². The highest BCUT2D eigenvalue weighted by Gasteiger charge is 2.27. The van der Waals surface area contributed by atoms with Crippen LogP contribution in [0.2, 0.25) is 0 Å². The van der Waals surface area contributed by atoms with Crippen LogP contribution in [0.5, 0.6) is 0 Å². The Morgan fingerprint density at radius 3 is 2.42 bits per heavy atom. The zero-order valence-corrected chi connectivity index (χ0v) is 15.3. The third kappa shape index (κ3) is 4.89. The Balaban J connectivity index is 1.46. The lowest BCUT2D eigenvalue weighted by Crippen LogP contribution is -2.33. The van der Waals surface area contributed by atoms with Crippen LogP contribution in [0.25, 0.3) is 0 Å². The molecule has 2 N–H and O–H groups in total. The Morgan fingerprint density at radius 2 is 1.77 bits per heavy atom. The number of hydrogen-bond donors (Lipinski definition) is 2. The van der Waals surface area contributed by atoms with Gasteiger partial charge in [-0.1, -0.05) is 18.2 Å². The number of pyridine rings is 1. The molecule has 1 aliphatic carbocycles. The van der Waals surface area contributed by atoms with E-state index in [0.717, 1.165) is 25.7 Å². The van der Waals surface area contributed by atoms with Crippen LogP contribution >= 0.6 is 0 Å². The molecule has 0 saturated heterocycles. The molecule has 0 atom stereocenters. The van der Waals surface area contributed by atoms with Crippen LogP contribution in [0.1, 0.15) is 25.7 Å². The lowest BCUT2D eigenvalue weighted by Gasteiger charge is -2.27. The van der Waals surface area contributed by atoms with Gasteiger partial charge in [0.05, 0.1) is 16.8 Å². The summed E-state index contributed by atoms with van der Waals surface area (Å²) in [6.45, 7) is 0.411. The quantitative estimate of drug-likeness (QED) is 0.815. The molecule has 138 valence electrons. The number of anilines is 1. The summed E-state index contributed by atoms with van der Waals surface area (Å²) in [4.78, 5) is 16.6. The topological polar surface area (TPSA) is 88.2 Å². The van der Waals surface area contributed by atoms with E-state index in [-0.39, 0.29) is 22.6 Å². The van der Waals surface area contributed by atoms with Crippen LogP contribution in [0, 0.1) is 11.8 Å². The Bertz CT molecular complexity index is 818. The van der Waals surface area contributed by atoms with Crippen molar-refractivity contribution < 1.29 is 13.2 Å². The number of benzene rings is 1. The highest BCUT2D eigenvalue weighted by atomic mass is 32.2. The number of rotatable bonds is 6. The molecule has 1 aromatic heterocycles. The maximum Gasteiger partial charge on any atom is 0.240 e. The summed E-state index contributed by atoms with van der Waals surface area (Å²) >= 11 is 0. The van der Waals surface area contributed by atoms with E-state index in [9.17, 15) is 13.2 Å². The van der Waals surface area contributed by atoms with Gasteiger partial charge in [0.25, 0.3) is 0 Å². The zero-order valence-electron chi connectivity index (χ0n) is 14.5. The predicted octanol–water partition coefficient (Wildman–Crippen LogP) is 2.81. The molecule has 1 fully saturated rings. The standard InChI is InChI=1S/C19H23N3O3S/c23-19(22-17-5-4-12-20-14-17)16-10-8-15(9-11-16)13-21-26(24,25)18-6-2-1-3-7-18/h1-7,12,14-16,21H,8-11,13H2,(H,22,23). The normalized spacial score (nSPS) is 20.5. The molecule has 3 rings (SSSR count). The molecule has 0 aliphatic heterocycles. The Labute approximate surface area is 154 Å². The first-order valence-electron chi connectivity index (χ1n) is 8.80. The fraction of sp³-hybridized carbons (Fsp3) is 0.368. The first-order chi connectivity index (χ1) is 12.5. The van der Waals surface area contributed by atoms with E-state index in [0.29, 0.717) is 12.2 Å². The molecule has 0 unspecified atom stereocenters. The number of nitrogens with zero attached hydrogens (tertiary/aromatic N) is 1. The van der Waals surface area contributed by atoms with Gasteiger partial charge in [0.1, 0.15) is 0 Å². The minimum Gasteiger partial charge on any atom is -0.324 e. The first-order valence-corrected chi connectivity index (χ1v) is 10.3.